The van der Waals surface area contributed by atoms with Crippen LogP contribution in [0, 0.1) is 0 Å². The summed E-state index contributed by atoms with van der Waals surface area (Å²) in [4.78, 5) is 54.4. The number of nitrogens with zero attached hydrogens (tertiary/aromatic N) is 3. The maximum absolute atomic E-state index is 13.1. The number of carbonyl (C=O) groups is 4. The van der Waals surface area contributed by atoms with Gasteiger partial charge in [0.1, 0.15) is 6.54 Å². The molecule has 5 rings (SSSR count). The Morgan fingerprint density at radius 3 is 2.46 bits per heavy atom. The van der Waals surface area contributed by atoms with E-state index in [0.717, 1.165) is 70.0 Å². The first kappa shape index (κ1) is 25.8. The highest BCUT2D eigenvalue weighted by molar-refractivity contribution is 9.10. The maximum Gasteiger partial charge on any atom is 0.293 e. The van der Waals surface area contributed by atoms with Gasteiger partial charge in [0.15, 0.2) is 5.78 Å². The predicted octanol–water partition coefficient (Wildman–Crippen LogP) is 5.99. The number of rotatable bonds is 6. The summed E-state index contributed by atoms with van der Waals surface area (Å²) >= 11 is 10.2. The van der Waals surface area contributed by atoms with Crippen LogP contribution < -0.4 is 0 Å². The van der Waals surface area contributed by atoms with E-state index in [-0.39, 0.29) is 29.7 Å². The average molecular weight is 601 g/mol. The van der Waals surface area contributed by atoms with Crippen molar-refractivity contribution in [2.24, 2.45) is 0 Å². The van der Waals surface area contributed by atoms with Gasteiger partial charge in [-0.1, -0.05) is 27.5 Å². The summed E-state index contributed by atoms with van der Waals surface area (Å²) in [6.45, 7) is 1.40. The third-order valence-electron chi connectivity index (χ3n) is 6.52. The number of halogens is 2. The fourth-order valence-corrected chi connectivity index (χ4v) is 5.90. The lowest BCUT2D eigenvalue weighted by atomic mass is 10.1. The van der Waals surface area contributed by atoms with Gasteiger partial charge in [-0.25, -0.2) is 0 Å². The molecule has 3 aromatic rings. The van der Waals surface area contributed by atoms with Crippen molar-refractivity contribution in [1.29, 1.82) is 0 Å². The number of amides is 3. The van der Waals surface area contributed by atoms with Gasteiger partial charge in [-0.3, -0.25) is 24.1 Å². The smallest absolute Gasteiger partial charge is 0.293 e. The number of ketones is 1. The second-order valence-electron chi connectivity index (χ2n) is 9.01. The minimum atomic E-state index is -0.516. The average Bonchev–Trinajstić information content (AvgIpc) is 3.35. The molecule has 2 aliphatic rings. The van der Waals surface area contributed by atoms with Gasteiger partial charge in [-0.05, 0) is 79.6 Å². The molecule has 0 aliphatic carbocycles. The molecule has 0 N–H and O–H groups in total. The van der Waals surface area contributed by atoms with Gasteiger partial charge >= 0.3 is 0 Å². The topological polar surface area (TPSA) is 79.7 Å². The normalized spacial score (nSPS) is 17.3. The molecule has 37 heavy (non-hydrogen) atoms. The maximum atomic E-state index is 13.1. The molecule has 2 aliphatic heterocycles. The lowest BCUT2D eigenvalue weighted by Gasteiger charge is -2.27. The number of fused-ring (bicyclic) bond motifs is 1. The Bertz CT molecular complexity index is 1440. The number of Topliss-reactive ketones (excluding diaryl/α,β-unsaturated/α-hetero) is 1. The van der Waals surface area contributed by atoms with Crippen LogP contribution >= 0.6 is 39.3 Å². The largest absolute Gasteiger partial charge is 0.341 e. The van der Waals surface area contributed by atoms with Crippen LogP contribution in [0.15, 0.2) is 58.0 Å². The van der Waals surface area contributed by atoms with Crippen molar-refractivity contribution in [3.8, 4) is 0 Å². The van der Waals surface area contributed by atoms with Crippen LogP contribution in [0.2, 0.25) is 5.02 Å². The standard InChI is InChI=1S/C27H23BrClN3O4S/c28-19-6-9-22-21(13-19)18(14-31(22)16-25(34)30-10-2-1-3-11-30)12-24-26(35)32(27(36)37-24)15-23(33)17-4-7-20(29)8-5-17/h4-9,12-14H,1-3,10-11,15-16H2/b24-12-. The van der Waals surface area contributed by atoms with Crippen molar-refractivity contribution in [3.63, 3.8) is 0 Å². The SMILES string of the molecule is O=C(CN1C(=O)S/C(=C\c2cn(CC(=O)N3CCCCC3)c3ccc(Br)cc23)C1=O)c1ccc(Cl)cc1. The van der Waals surface area contributed by atoms with Crippen LogP contribution in [0.3, 0.4) is 0 Å². The third-order valence-corrected chi connectivity index (χ3v) is 8.17. The molecule has 190 valence electrons. The number of thioether (sulfide) groups is 1. The van der Waals surface area contributed by atoms with Gasteiger partial charge in [0.2, 0.25) is 5.91 Å². The summed E-state index contributed by atoms with van der Waals surface area (Å²) in [5, 5.41) is 0.850. The van der Waals surface area contributed by atoms with Crippen LogP contribution in [-0.2, 0) is 16.1 Å². The molecule has 7 nitrogen and oxygen atoms in total. The number of piperidine rings is 1. The molecule has 0 unspecified atom stereocenters. The molecule has 0 atom stereocenters. The van der Waals surface area contributed by atoms with E-state index >= 15 is 0 Å². The molecule has 0 radical (unpaired) electrons. The van der Waals surface area contributed by atoms with E-state index < -0.39 is 11.1 Å². The lowest BCUT2D eigenvalue weighted by molar-refractivity contribution is -0.132. The Labute approximate surface area is 231 Å². The third kappa shape index (κ3) is 5.54. The summed E-state index contributed by atoms with van der Waals surface area (Å²) in [6.07, 6.45) is 6.69. The summed E-state index contributed by atoms with van der Waals surface area (Å²) in [7, 11) is 0. The minimum Gasteiger partial charge on any atom is -0.341 e. The van der Waals surface area contributed by atoms with Gasteiger partial charge in [0.05, 0.1) is 11.4 Å². The number of hydrogen-bond acceptors (Lipinski definition) is 5. The van der Waals surface area contributed by atoms with Crippen molar-refractivity contribution in [2.45, 2.75) is 25.8 Å². The van der Waals surface area contributed by atoms with Crippen molar-refractivity contribution in [1.82, 2.24) is 14.4 Å². The Morgan fingerprint density at radius 1 is 1.00 bits per heavy atom. The molecule has 0 spiro atoms. The van der Waals surface area contributed by atoms with Gasteiger partial charge in [-0.2, -0.15) is 0 Å². The molecule has 2 fully saturated rings. The lowest BCUT2D eigenvalue weighted by Crippen LogP contribution is -2.37. The van der Waals surface area contributed by atoms with E-state index in [1.807, 2.05) is 33.9 Å². The Balaban J connectivity index is 1.40. The molecule has 0 saturated carbocycles. The van der Waals surface area contributed by atoms with Crippen LogP contribution in [0.5, 0.6) is 0 Å². The molecule has 2 saturated heterocycles. The molecular formula is C27H23BrClN3O4S. The number of benzene rings is 2. The first-order valence-corrected chi connectivity index (χ1v) is 13.9. The highest BCUT2D eigenvalue weighted by Gasteiger charge is 2.36. The first-order valence-electron chi connectivity index (χ1n) is 11.9. The number of likely N-dealkylation sites (tertiary alicyclic amines) is 1. The highest BCUT2D eigenvalue weighted by Crippen LogP contribution is 2.35. The van der Waals surface area contributed by atoms with Gasteiger partial charge in [0, 0.05) is 50.8 Å². The number of hydrogen-bond donors (Lipinski definition) is 0. The molecule has 3 heterocycles. The number of carbonyl (C=O) groups excluding carboxylic acids is 4. The minimum absolute atomic E-state index is 0.0621. The first-order chi connectivity index (χ1) is 17.8. The van der Waals surface area contributed by atoms with E-state index in [0.29, 0.717) is 10.6 Å². The molecule has 0 bridgehead atoms. The van der Waals surface area contributed by atoms with E-state index in [1.54, 1.807) is 30.3 Å². The zero-order valence-corrected chi connectivity index (χ0v) is 22.9. The fourth-order valence-electron chi connectivity index (χ4n) is 4.58. The molecular weight excluding hydrogens is 578 g/mol. The zero-order chi connectivity index (χ0) is 26.1. The summed E-state index contributed by atoms with van der Waals surface area (Å²) < 4.78 is 2.75. The van der Waals surface area contributed by atoms with Crippen molar-refractivity contribution in [2.75, 3.05) is 19.6 Å². The quantitative estimate of drug-likeness (QED) is 0.257. The van der Waals surface area contributed by atoms with E-state index in [1.165, 1.54) is 0 Å². The molecule has 10 heteroatoms. The van der Waals surface area contributed by atoms with Gasteiger partial charge in [0.25, 0.3) is 11.1 Å². The molecule has 2 aromatic carbocycles. The van der Waals surface area contributed by atoms with Crippen molar-refractivity contribution in [3.05, 3.63) is 74.2 Å². The summed E-state index contributed by atoms with van der Waals surface area (Å²) in [5.74, 6) is -0.804. The number of imide groups is 1. The Morgan fingerprint density at radius 2 is 1.73 bits per heavy atom. The predicted molar refractivity (Wildman–Crippen MR) is 149 cm³/mol. The van der Waals surface area contributed by atoms with Crippen molar-refractivity contribution >= 4 is 79.1 Å². The van der Waals surface area contributed by atoms with Crippen LogP contribution in [0.1, 0.15) is 35.2 Å². The van der Waals surface area contributed by atoms with Crippen LogP contribution in [0.25, 0.3) is 17.0 Å². The van der Waals surface area contributed by atoms with Gasteiger partial charge < -0.3 is 9.47 Å². The molecule has 3 amide bonds. The second kappa shape index (κ2) is 10.8. The summed E-state index contributed by atoms with van der Waals surface area (Å²) in [5.41, 5.74) is 1.95. The van der Waals surface area contributed by atoms with Crippen molar-refractivity contribution < 1.29 is 19.2 Å². The van der Waals surface area contributed by atoms with Crippen LogP contribution in [-0.4, -0.2) is 56.8 Å². The van der Waals surface area contributed by atoms with E-state index in [9.17, 15) is 19.2 Å². The van der Waals surface area contributed by atoms with Gasteiger partial charge in [-0.15, -0.1) is 0 Å². The van der Waals surface area contributed by atoms with Crippen LogP contribution in [0.4, 0.5) is 4.79 Å². The fraction of sp³-hybridized carbons (Fsp3) is 0.259. The summed E-state index contributed by atoms with van der Waals surface area (Å²) in [6, 6.07) is 12.1. The highest BCUT2D eigenvalue weighted by atomic mass is 79.9. The van der Waals surface area contributed by atoms with E-state index in [2.05, 4.69) is 15.9 Å². The second-order valence-corrected chi connectivity index (χ2v) is 11.4. The monoisotopic (exact) mass is 599 g/mol. The zero-order valence-electron chi connectivity index (χ0n) is 19.8. The Kier molecular flexibility index (Phi) is 7.55. The van der Waals surface area contributed by atoms with E-state index in [4.69, 9.17) is 11.6 Å². The number of aromatic nitrogens is 1. The molecule has 1 aromatic heterocycles. The Hall–Kier alpha value is -2.88.